The molecule has 3 nitrogen and oxygen atoms in total. The first-order valence-corrected chi connectivity index (χ1v) is 5.47. The summed E-state index contributed by atoms with van der Waals surface area (Å²) in [6, 6.07) is 0. The van der Waals surface area contributed by atoms with Gasteiger partial charge in [-0.3, -0.25) is 0 Å². The van der Waals surface area contributed by atoms with Gasteiger partial charge in [-0.15, -0.1) is 0 Å². The summed E-state index contributed by atoms with van der Waals surface area (Å²) in [6.45, 7) is 6.43. The Morgan fingerprint density at radius 3 is 2.64 bits per heavy atom. The first kappa shape index (κ1) is 9.69. The first-order chi connectivity index (χ1) is 6.63. The third kappa shape index (κ3) is 1.56. The van der Waals surface area contributed by atoms with Crippen LogP contribution < -0.4 is 0 Å². The Kier molecular flexibility index (Phi) is 2.33. The van der Waals surface area contributed by atoms with Gasteiger partial charge in [0.05, 0.1) is 0 Å². The minimum atomic E-state index is 0.0228. The van der Waals surface area contributed by atoms with Crippen molar-refractivity contribution in [3.05, 3.63) is 11.7 Å². The highest BCUT2D eigenvalue weighted by Crippen LogP contribution is 2.35. The average Bonchev–Trinajstić information content (AvgIpc) is 2.51. The van der Waals surface area contributed by atoms with Crippen molar-refractivity contribution in [1.82, 2.24) is 10.1 Å². The number of aromatic nitrogens is 2. The summed E-state index contributed by atoms with van der Waals surface area (Å²) in [6.07, 6.45) is 4.79. The Bertz CT molecular complexity index is 313. The van der Waals surface area contributed by atoms with E-state index in [2.05, 4.69) is 30.9 Å². The lowest BCUT2D eigenvalue weighted by molar-refractivity contribution is 0.295. The Balaban J connectivity index is 2.16. The van der Waals surface area contributed by atoms with E-state index in [1.165, 1.54) is 19.3 Å². The minimum absolute atomic E-state index is 0.0228. The van der Waals surface area contributed by atoms with Crippen LogP contribution in [0.2, 0.25) is 0 Å². The van der Waals surface area contributed by atoms with Crippen molar-refractivity contribution < 1.29 is 4.52 Å². The van der Waals surface area contributed by atoms with Gasteiger partial charge in [0, 0.05) is 11.3 Å². The molecule has 0 unspecified atom stereocenters. The molecule has 1 fully saturated rings. The van der Waals surface area contributed by atoms with Gasteiger partial charge in [0.2, 0.25) is 5.89 Å². The molecule has 0 saturated heterocycles. The van der Waals surface area contributed by atoms with E-state index < -0.39 is 0 Å². The third-order valence-electron chi connectivity index (χ3n) is 3.37. The van der Waals surface area contributed by atoms with E-state index in [1.807, 2.05) is 0 Å². The zero-order valence-electron chi connectivity index (χ0n) is 9.21. The smallest absolute Gasteiger partial charge is 0.232 e. The van der Waals surface area contributed by atoms with E-state index >= 15 is 0 Å². The van der Waals surface area contributed by atoms with Crippen LogP contribution in [0.1, 0.15) is 64.1 Å². The summed E-state index contributed by atoms with van der Waals surface area (Å²) >= 11 is 0. The molecule has 2 rings (SSSR count). The summed E-state index contributed by atoms with van der Waals surface area (Å²) in [5.41, 5.74) is 0.0228. The molecule has 0 amide bonds. The lowest BCUT2D eigenvalue weighted by Crippen LogP contribution is -2.16. The molecule has 1 aliphatic carbocycles. The number of hydrogen-bond acceptors (Lipinski definition) is 3. The molecule has 78 valence electrons. The zero-order chi connectivity index (χ0) is 10.2. The standard InChI is InChI=1S/C11H18N2O/c1-4-11(2,3)10-12-9(13-14-10)8-6-5-7-8/h8H,4-7H2,1-3H3. The second-order valence-corrected chi connectivity index (χ2v) is 4.82. The Hall–Kier alpha value is -0.860. The number of rotatable bonds is 3. The van der Waals surface area contributed by atoms with Gasteiger partial charge in [0.1, 0.15) is 0 Å². The van der Waals surface area contributed by atoms with E-state index in [4.69, 9.17) is 4.52 Å². The van der Waals surface area contributed by atoms with Crippen molar-refractivity contribution in [3.8, 4) is 0 Å². The van der Waals surface area contributed by atoms with E-state index in [-0.39, 0.29) is 5.41 Å². The molecule has 0 aliphatic heterocycles. The van der Waals surface area contributed by atoms with Crippen molar-refractivity contribution in [3.63, 3.8) is 0 Å². The molecule has 0 spiro atoms. The fourth-order valence-corrected chi connectivity index (χ4v) is 1.49. The van der Waals surface area contributed by atoms with Crippen LogP contribution in [0.5, 0.6) is 0 Å². The summed E-state index contributed by atoms with van der Waals surface area (Å²) < 4.78 is 5.32. The van der Waals surface area contributed by atoms with Gasteiger partial charge in [-0.25, -0.2) is 0 Å². The lowest BCUT2D eigenvalue weighted by Gasteiger charge is -2.21. The van der Waals surface area contributed by atoms with Crippen LogP contribution in [0.4, 0.5) is 0 Å². The normalized spacial score (nSPS) is 18.2. The average molecular weight is 194 g/mol. The van der Waals surface area contributed by atoms with Crippen LogP contribution in [0.3, 0.4) is 0 Å². The topological polar surface area (TPSA) is 38.9 Å². The van der Waals surface area contributed by atoms with Crippen molar-refractivity contribution in [2.75, 3.05) is 0 Å². The van der Waals surface area contributed by atoms with Gasteiger partial charge in [-0.1, -0.05) is 32.3 Å². The summed E-state index contributed by atoms with van der Waals surface area (Å²) in [7, 11) is 0. The maximum absolute atomic E-state index is 5.32. The summed E-state index contributed by atoms with van der Waals surface area (Å²) in [5.74, 6) is 2.29. The molecule has 0 atom stereocenters. The molecule has 1 saturated carbocycles. The van der Waals surface area contributed by atoms with Crippen molar-refractivity contribution in [2.24, 2.45) is 0 Å². The molecule has 1 aliphatic rings. The minimum Gasteiger partial charge on any atom is -0.339 e. The molecule has 0 radical (unpaired) electrons. The molecular weight excluding hydrogens is 176 g/mol. The predicted octanol–water partition coefficient (Wildman–Crippen LogP) is 3.02. The van der Waals surface area contributed by atoms with Gasteiger partial charge in [0.15, 0.2) is 5.82 Å². The van der Waals surface area contributed by atoms with E-state index in [1.54, 1.807) is 0 Å². The van der Waals surface area contributed by atoms with E-state index in [0.29, 0.717) is 5.92 Å². The van der Waals surface area contributed by atoms with Crippen molar-refractivity contribution >= 4 is 0 Å². The molecular formula is C11H18N2O. The van der Waals surface area contributed by atoms with Crippen LogP contribution in [0.25, 0.3) is 0 Å². The van der Waals surface area contributed by atoms with Gasteiger partial charge in [-0.2, -0.15) is 4.98 Å². The Labute approximate surface area is 84.9 Å². The molecule has 0 aromatic carbocycles. The predicted molar refractivity (Wildman–Crippen MR) is 54.2 cm³/mol. The van der Waals surface area contributed by atoms with Crippen molar-refractivity contribution in [2.45, 2.75) is 57.8 Å². The number of nitrogens with zero attached hydrogens (tertiary/aromatic N) is 2. The lowest BCUT2D eigenvalue weighted by atomic mass is 9.85. The number of hydrogen-bond donors (Lipinski definition) is 0. The quantitative estimate of drug-likeness (QED) is 0.742. The van der Waals surface area contributed by atoms with E-state index in [9.17, 15) is 0 Å². The SMILES string of the molecule is CCC(C)(C)c1nc(C2CCC2)no1. The van der Waals surface area contributed by atoms with Crippen LogP contribution in [-0.2, 0) is 5.41 Å². The molecule has 0 bridgehead atoms. The Morgan fingerprint density at radius 2 is 2.14 bits per heavy atom. The molecule has 0 N–H and O–H groups in total. The molecule has 14 heavy (non-hydrogen) atoms. The maximum atomic E-state index is 5.32. The van der Waals surface area contributed by atoms with Gasteiger partial charge >= 0.3 is 0 Å². The third-order valence-corrected chi connectivity index (χ3v) is 3.37. The van der Waals surface area contributed by atoms with Gasteiger partial charge in [0.25, 0.3) is 0 Å². The highest BCUT2D eigenvalue weighted by Gasteiger charge is 2.29. The highest BCUT2D eigenvalue weighted by atomic mass is 16.5. The molecule has 1 heterocycles. The molecule has 1 aromatic heterocycles. The first-order valence-electron chi connectivity index (χ1n) is 5.47. The second kappa shape index (κ2) is 3.37. The largest absolute Gasteiger partial charge is 0.339 e. The van der Waals surface area contributed by atoms with Crippen LogP contribution >= 0.6 is 0 Å². The fraction of sp³-hybridized carbons (Fsp3) is 0.818. The van der Waals surface area contributed by atoms with Crippen LogP contribution in [0, 0.1) is 0 Å². The highest BCUT2D eigenvalue weighted by molar-refractivity contribution is 5.05. The molecule has 3 heteroatoms. The van der Waals surface area contributed by atoms with Crippen LogP contribution in [0.15, 0.2) is 4.52 Å². The maximum Gasteiger partial charge on any atom is 0.232 e. The summed E-state index contributed by atoms with van der Waals surface area (Å²) in [5, 5.41) is 4.07. The van der Waals surface area contributed by atoms with Gasteiger partial charge in [-0.05, 0) is 19.3 Å². The van der Waals surface area contributed by atoms with E-state index in [0.717, 1.165) is 18.1 Å². The van der Waals surface area contributed by atoms with Crippen molar-refractivity contribution in [1.29, 1.82) is 0 Å². The zero-order valence-corrected chi connectivity index (χ0v) is 9.21. The summed E-state index contributed by atoms with van der Waals surface area (Å²) in [4.78, 5) is 4.50. The monoisotopic (exact) mass is 194 g/mol. The van der Waals surface area contributed by atoms with Crippen LogP contribution in [-0.4, -0.2) is 10.1 Å². The second-order valence-electron chi connectivity index (χ2n) is 4.82. The Morgan fingerprint density at radius 1 is 1.43 bits per heavy atom. The fourth-order valence-electron chi connectivity index (χ4n) is 1.49. The molecule has 1 aromatic rings. The van der Waals surface area contributed by atoms with Gasteiger partial charge < -0.3 is 4.52 Å².